The molecule has 11 heteroatoms. The summed E-state index contributed by atoms with van der Waals surface area (Å²) in [4.78, 5) is 5.69. The van der Waals surface area contributed by atoms with E-state index in [0.717, 1.165) is 27.4 Å². The zero-order valence-corrected chi connectivity index (χ0v) is 19.9. The van der Waals surface area contributed by atoms with Crippen LogP contribution in [0, 0.1) is 6.92 Å². The van der Waals surface area contributed by atoms with Crippen molar-refractivity contribution in [2.24, 2.45) is 5.14 Å². The monoisotopic (exact) mass is 501 g/mol. The number of pyridine rings is 1. The van der Waals surface area contributed by atoms with Crippen LogP contribution in [-0.2, 0) is 16.2 Å². The fraction of sp³-hybridized carbons (Fsp3) is 0.167. The van der Waals surface area contributed by atoms with Gasteiger partial charge < -0.3 is 4.90 Å². The third-order valence-electron chi connectivity index (χ3n) is 5.50. The summed E-state index contributed by atoms with van der Waals surface area (Å²) in [5.74, 6) is 0. The molecule has 2 heterocycles. The summed E-state index contributed by atoms with van der Waals surface area (Å²) >= 11 is 0. The van der Waals surface area contributed by atoms with Gasteiger partial charge in [-0.3, -0.25) is 4.98 Å². The second kappa shape index (κ2) is 8.82. The van der Waals surface area contributed by atoms with E-state index in [4.69, 9.17) is 5.14 Å². The van der Waals surface area contributed by atoms with Gasteiger partial charge in [0.15, 0.2) is 5.69 Å². The predicted octanol–water partition coefficient (Wildman–Crippen LogP) is 4.64. The molecule has 0 aliphatic heterocycles. The number of alkyl halides is 3. The summed E-state index contributed by atoms with van der Waals surface area (Å²) in [5.41, 5.74) is 3.21. The standard InChI is InChI=1S/C24H22F3N5O2S/c1-15-12-21(31(2)3)20(13-19(15)16-8-10-29-11-9-16)22-14-23(24(25,26)27)30-32(22)17-4-6-18(7-5-17)35(28,33)34/h4-14H,1-3H3,(H2,28,33,34). The van der Waals surface area contributed by atoms with Crippen molar-refractivity contribution in [1.82, 2.24) is 14.8 Å². The zero-order chi connectivity index (χ0) is 25.5. The molecule has 182 valence electrons. The Hall–Kier alpha value is -3.70. The van der Waals surface area contributed by atoms with Gasteiger partial charge in [0.25, 0.3) is 0 Å². The van der Waals surface area contributed by atoms with Crippen LogP contribution >= 0.6 is 0 Å². The van der Waals surface area contributed by atoms with E-state index >= 15 is 0 Å². The van der Waals surface area contributed by atoms with Crippen LogP contribution in [0.5, 0.6) is 0 Å². The number of hydrogen-bond donors (Lipinski definition) is 1. The molecule has 0 aliphatic rings. The molecule has 2 aromatic heterocycles. The van der Waals surface area contributed by atoms with Gasteiger partial charge >= 0.3 is 6.18 Å². The van der Waals surface area contributed by atoms with Crippen LogP contribution in [0.15, 0.2) is 71.9 Å². The number of primary sulfonamides is 1. The van der Waals surface area contributed by atoms with Crippen molar-refractivity contribution in [1.29, 1.82) is 0 Å². The highest BCUT2D eigenvalue weighted by atomic mass is 32.2. The largest absolute Gasteiger partial charge is 0.435 e. The number of aryl methyl sites for hydroxylation is 1. The highest BCUT2D eigenvalue weighted by Crippen LogP contribution is 2.40. The SMILES string of the molecule is Cc1cc(N(C)C)c(-c2cc(C(F)(F)F)nn2-c2ccc(S(N)(=O)=O)cc2)cc1-c1ccncc1. The molecule has 0 atom stereocenters. The minimum atomic E-state index is -4.68. The summed E-state index contributed by atoms with van der Waals surface area (Å²) in [6.07, 6.45) is -1.39. The Balaban J connectivity index is 2.00. The molecule has 0 bridgehead atoms. The third-order valence-corrected chi connectivity index (χ3v) is 6.43. The van der Waals surface area contributed by atoms with Gasteiger partial charge in [-0.15, -0.1) is 0 Å². The molecule has 7 nitrogen and oxygen atoms in total. The number of rotatable bonds is 5. The molecule has 0 amide bonds. The Kier molecular flexibility index (Phi) is 6.16. The Morgan fingerprint density at radius 3 is 2.11 bits per heavy atom. The highest BCUT2D eigenvalue weighted by molar-refractivity contribution is 7.89. The first-order valence-electron chi connectivity index (χ1n) is 10.4. The van der Waals surface area contributed by atoms with E-state index in [-0.39, 0.29) is 16.3 Å². The molecule has 0 saturated heterocycles. The third kappa shape index (κ3) is 4.91. The normalized spacial score (nSPS) is 12.1. The van der Waals surface area contributed by atoms with E-state index in [2.05, 4.69) is 10.1 Å². The van der Waals surface area contributed by atoms with Crippen LogP contribution in [0.2, 0.25) is 0 Å². The number of sulfonamides is 1. The van der Waals surface area contributed by atoms with Crippen LogP contribution in [0.4, 0.5) is 18.9 Å². The lowest BCUT2D eigenvalue weighted by Crippen LogP contribution is -2.13. The van der Waals surface area contributed by atoms with Gasteiger partial charge in [0.05, 0.1) is 16.3 Å². The molecule has 0 unspecified atom stereocenters. The lowest BCUT2D eigenvalue weighted by molar-refractivity contribution is -0.141. The number of halogens is 3. The highest BCUT2D eigenvalue weighted by Gasteiger charge is 2.36. The number of nitrogens with zero attached hydrogens (tertiary/aromatic N) is 4. The fourth-order valence-electron chi connectivity index (χ4n) is 3.80. The molecule has 4 aromatic rings. The quantitative estimate of drug-likeness (QED) is 0.430. The molecule has 0 aliphatic carbocycles. The van der Waals surface area contributed by atoms with Gasteiger partial charge in [-0.1, -0.05) is 0 Å². The smallest absolute Gasteiger partial charge is 0.377 e. The first kappa shape index (κ1) is 24.4. The van der Waals surface area contributed by atoms with Crippen molar-refractivity contribution in [3.05, 3.63) is 78.2 Å². The molecular formula is C24H22F3N5O2S. The van der Waals surface area contributed by atoms with E-state index in [1.165, 1.54) is 24.3 Å². The molecule has 0 fully saturated rings. The van der Waals surface area contributed by atoms with E-state index in [1.807, 2.05) is 36.1 Å². The van der Waals surface area contributed by atoms with Crippen molar-refractivity contribution in [3.8, 4) is 28.1 Å². The summed E-state index contributed by atoms with van der Waals surface area (Å²) in [7, 11) is -0.358. The Bertz CT molecular complexity index is 1480. The zero-order valence-electron chi connectivity index (χ0n) is 19.1. The van der Waals surface area contributed by atoms with Crippen LogP contribution in [0.1, 0.15) is 11.3 Å². The van der Waals surface area contributed by atoms with E-state index < -0.39 is 21.9 Å². The summed E-state index contributed by atoms with van der Waals surface area (Å²) in [5, 5.41) is 8.99. The average molecular weight is 502 g/mol. The lowest BCUT2D eigenvalue weighted by Gasteiger charge is -2.21. The van der Waals surface area contributed by atoms with E-state index in [0.29, 0.717) is 11.3 Å². The number of benzene rings is 2. The number of anilines is 1. The number of hydrogen-bond acceptors (Lipinski definition) is 5. The van der Waals surface area contributed by atoms with Crippen molar-refractivity contribution in [2.45, 2.75) is 18.0 Å². The van der Waals surface area contributed by atoms with Gasteiger partial charge in [0, 0.05) is 37.7 Å². The topological polar surface area (TPSA) is 94.1 Å². The van der Waals surface area contributed by atoms with Crippen molar-refractivity contribution < 1.29 is 21.6 Å². The average Bonchev–Trinajstić information content (AvgIpc) is 3.25. The fourth-order valence-corrected chi connectivity index (χ4v) is 4.31. The molecule has 2 N–H and O–H groups in total. The number of aromatic nitrogens is 3. The predicted molar refractivity (Wildman–Crippen MR) is 128 cm³/mol. The maximum absolute atomic E-state index is 13.7. The summed E-state index contributed by atoms with van der Waals surface area (Å²) in [6, 6.07) is 13.6. The van der Waals surface area contributed by atoms with Crippen molar-refractivity contribution in [3.63, 3.8) is 0 Å². The summed E-state index contributed by atoms with van der Waals surface area (Å²) in [6.45, 7) is 1.93. The van der Waals surface area contributed by atoms with Crippen LogP contribution in [0.3, 0.4) is 0 Å². The van der Waals surface area contributed by atoms with Gasteiger partial charge in [0.2, 0.25) is 10.0 Å². The molecule has 0 spiro atoms. The molecule has 2 aromatic carbocycles. The van der Waals surface area contributed by atoms with Gasteiger partial charge in [0.1, 0.15) is 0 Å². The van der Waals surface area contributed by atoms with Gasteiger partial charge in [-0.25, -0.2) is 18.2 Å². The van der Waals surface area contributed by atoms with Gasteiger partial charge in [-0.2, -0.15) is 18.3 Å². The lowest BCUT2D eigenvalue weighted by atomic mass is 9.95. The molecule has 0 radical (unpaired) electrons. The second-order valence-corrected chi connectivity index (χ2v) is 9.74. The first-order valence-corrected chi connectivity index (χ1v) is 11.9. The first-order chi connectivity index (χ1) is 16.4. The van der Waals surface area contributed by atoms with E-state index in [9.17, 15) is 21.6 Å². The minimum absolute atomic E-state index is 0.157. The minimum Gasteiger partial charge on any atom is -0.377 e. The van der Waals surface area contributed by atoms with Crippen molar-refractivity contribution in [2.75, 3.05) is 19.0 Å². The molecular weight excluding hydrogens is 479 g/mol. The molecule has 35 heavy (non-hydrogen) atoms. The van der Waals surface area contributed by atoms with Gasteiger partial charge in [-0.05, 0) is 78.2 Å². The van der Waals surface area contributed by atoms with Crippen LogP contribution < -0.4 is 10.0 Å². The maximum Gasteiger partial charge on any atom is 0.435 e. The Morgan fingerprint density at radius 2 is 1.57 bits per heavy atom. The molecule has 0 saturated carbocycles. The van der Waals surface area contributed by atoms with Crippen LogP contribution in [-0.4, -0.2) is 37.3 Å². The van der Waals surface area contributed by atoms with E-state index in [1.54, 1.807) is 26.5 Å². The number of nitrogens with two attached hydrogens (primary N) is 1. The Morgan fingerprint density at radius 1 is 0.943 bits per heavy atom. The maximum atomic E-state index is 13.7. The van der Waals surface area contributed by atoms with Crippen molar-refractivity contribution >= 4 is 15.7 Å². The van der Waals surface area contributed by atoms with Crippen LogP contribution in [0.25, 0.3) is 28.1 Å². The Labute approximate surface area is 200 Å². The second-order valence-electron chi connectivity index (χ2n) is 8.18. The summed E-state index contributed by atoms with van der Waals surface area (Å²) < 4.78 is 65.5. The molecule has 4 rings (SSSR count).